The number of amides is 1. The van der Waals surface area contributed by atoms with E-state index < -0.39 is 40.2 Å². The molecule has 11 heteroatoms. The van der Waals surface area contributed by atoms with Gasteiger partial charge in [0.1, 0.15) is 5.76 Å². The number of rotatable bonds is 4. The number of nitro benzene ring substituents is 1. The Morgan fingerprint density at radius 3 is 2.20 bits per heavy atom. The zero-order chi connectivity index (χ0) is 25.5. The SMILES string of the molecule is O=C1C(=O)N(c2cccc(C(F)(F)F)c2)C(c2ccc(Cl)cc2)/C1=C(/O)c1ccc([N+](=O)[O-])cc1. The zero-order valence-electron chi connectivity index (χ0n) is 17.5. The average Bonchev–Trinajstić information content (AvgIpc) is 3.09. The van der Waals surface area contributed by atoms with Crippen LogP contribution in [0.3, 0.4) is 0 Å². The molecule has 0 aromatic heterocycles. The number of Topliss-reactive ketones (excluding diaryl/α,β-unsaturated/α-hetero) is 1. The van der Waals surface area contributed by atoms with Crippen molar-refractivity contribution in [3.05, 3.63) is 110 Å². The summed E-state index contributed by atoms with van der Waals surface area (Å²) in [5.41, 5.74) is -1.57. The van der Waals surface area contributed by atoms with Gasteiger partial charge in [0, 0.05) is 28.4 Å². The van der Waals surface area contributed by atoms with Crippen molar-refractivity contribution in [3.63, 3.8) is 0 Å². The molecule has 1 saturated heterocycles. The summed E-state index contributed by atoms with van der Waals surface area (Å²) in [6, 6.07) is 13.1. The van der Waals surface area contributed by atoms with E-state index in [4.69, 9.17) is 11.6 Å². The molecule has 0 aliphatic carbocycles. The lowest BCUT2D eigenvalue weighted by Crippen LogP contribution is -2.29. The van der Waals surface area contributed by atoms with Gasteiger partial charge in [-0.2, -0.15) is 13.2 Å². The molecule has 1 unspecified atom stereocenters. The van der Waals surface area contributed by atoms with Crippen LogP contribution in [0, 0.1) is 10.1 Å². The maximum Gasteiger partial charge on any atom is 0.416 e. The molecule has 1 fully saturated rings. The summed E-state index contributed by atoms with van der Waals surface area (Å²) in [4.78, 5) is 37.2. The van der Waals surface area contributed by atoms with Crippen molar-refractivity contribution in [2.75, 3.05) is 4.90 Å². The van der Waals surface area contributed by atoms with Crippen molar-refractivity contribution < 1.29 is 32.8 Å². The van der Waals surface area contributed by atoms with Crippen LogP contribution in [0.5, 0.6) is 0 Å². The first kappa shape index (κ1) is 24.0. The topological polar surface area (TPSA) is 101 Å². The highest BCUT2D eigenvalue weighted by Gasteiger charge is 2.47. The van der Waals surface area contributed by atoms with Crippen LogP contribution in [0.25, 0.3) is 5.76 Å². The quantitative estimate of drug-likeness (QED) is 0.157. The van der Waals surface area contributed by atoms with Gasteiger partial charge in [-0.05, 0) is 48.0 Å². The van der Waals surface area contributed by atoms with E-state index >= 15 is 0 Å². The molecule has 178 valence electrons. The molecule has 35 heavy (non-hydrogen) atoms. The molecule has 0 saturated carbocycles. The largest absolute Gasteiger partial charge is 0.507 e. The average molecular weight is 503 g/mol. The molecule has 1 N–H and O–H groups in total. The van der Waals surface area contributed by atoms with Crippen LogP contribution in [-0.2, 0) is 15.8 Å². The smallest absolute Gasteiger partial charge is 0.416 e. The predicted octanol–water partition coefficient (Wildman–Crippen LogP) is 5.89. The molecule has 4 rings (SSSR count). The van der Waals surface area contributed by atoms with E-state index in [9.17, 15) is 38.0 Å². The number of nitro groups is 1. The molecule has 3 aromatic carbocycles. The Morgan fingerprint density at radius 2 is 1.63 bits per heavy atom. The second-order valence-corrected chi connectivity index (χ2v) is 8.01. The van der Waals surface area contributed by atoms with Crippen molar-refractivity contribution in [3.8, 4) is 0 Å². The summed E-state index contributed by atoms with van der Waals surface area (Å²) in [6.07, 6.45) is -4.70. The van der Waals surface area contributed by atoms with E-state index in [2.05, 4.69) is 0 Å². The molecule has 3 aromatic rings. The van der Waals surface area contributed by atoms with Crippen molar-refractivity contribution >= 4 is 40.4 Å². The molecule has 0 spiro atoms. The van der Waals surface area contributed by atoms with Crippen LogP contribution in [0.4, 0.5) is 24.5 Å². The predicted molar refractivity (Wildman–Crippen MR) is 121 cm³/mol. The Labute approximate surface area is 200 Å². The van der Waals surface area contributed by atoms with Gasteiger partial charge in [-0.1, -0.05) is 29.8 Å². The monoisotopic (exact) mass is 502 g/mol. The first-order chi connectivity index (χ1) is 16.5. The number of hydrogen-bond donors (Lipinski definition) is 1. The number of carbonyl (C=O) groups excluding carboxylic acids is 2. The van der Waals surface area contributed by atoms with Gasteiger partial charge in [-0.3, -0.25) is 24.6 Å². The summed E-state index contributed by atoms with van der Waals surface area (Å²) in [7, 11) is 0. The van der Waals surface area contributed by atoms with E-state index in [1.54, 1.807) is 0 Å². The molecule has 1 aliphatic heterocycles. The van der Waals surface area contributed by atoms with Crippen molar-refractivity contribution in [2.45, 2.75) is 12.2 Å². The number of nitrogens with zero attached hydrogens (tertiary/aromatic N) is 2. The van der Waals surface area contributed by atoms with E-state index in [1.165, 1.54) is 42.5 Å². The summed E-state index contributed by atoms with van der Waals surface area (Å²) >= 11 is 5.95. The zero-order valence-corrected chi connectivity index (χ0v) is 18.2. The molecule has 0 bridgehead atoms. The highest BCUT2D eigenvalue weighted by atomic mass is 35.5. The number of benzene rings is 3. The lowest BCUT2D eigenvalue weighted by atomic mass is 9.95. The molecule has 0 radical (unpaired) electrons. The number of halogens is 4. The van der Waals surface area contributed by atoms with Gasteiger partial charge < -0.3 is 5.11 Å². The molecule has 1 atom stereocenters. The number of alkyl halides is 3. The maximum absolute atomic E-state index is 13.3. The second kappa shape index (κ2) is 8.88. The van der Waals surface area contributed by atoms with Gasteiger partial charge in [-0.25, -0.2) is 0 Å². The molecule has 7 nitrogen and oxygen atoms in total. The Kier molecular flexibility index (Phi) is 6.08. The van der Waals surface area contributed by atoms with Gasteiger partial charge in [0.05, 0.1) is 22.1 Å². The molecule has 1 amide bonds. The molecular weight excluding hydrogens is 489 g/mol. The fourth-order valence-electron chi connectivity index (χ4n) is 3.79. The first-order valence-corrected chi connectivity index (χ1v) is 10.4. The van der Waals surface area contributed by atoms with Crippen LogP contribution >= 0.6 is 11.6 Å². The fraction of sp³-hybridized carbons (Fsp3) is 0.0833. The Hall–Kier alpha value is -4.18. The lowest BCUT2D eigenvalue weighted by Gasteiger charge is -2.26. The summed E-state index contributed by atoms with van der Waals surface area (Å²) in [5, 5.41) is 22.2. The van der Waals surface area contributed by atoms with Gasteiger partial charge in [0.25, 0.3) is 17.4 Å². The minimum absolute atomic E-state index is 0.0107. The number of carbonyl (C=O) groups is 2. The number of non-ortho nitro benzene ring substituents is 1. The van der Waals surface area contributed by atoms with Crippen molar-refractivity contribution in [1.29, 1.82) is 0 Å². The highest BCUT2D eigenvalue weighted by Crippen LogP contribution is 2.43. The second-order valence-electron chi connectivity index (χ2n) is 7.57. The Bertz CT molecular complexity index is 1370. The van der Waals surface area contributed by atoms with E-state index in [0.29, 0.717) is 10.6 Å². The fourth-order valence-corrected chi connectivity index (χ4v) is 3.91. The van der Waals surface area contributed by atoms with Crippen LogP contribution in [0.1, 0.15) is 22.7 Å². The number of anilines is 1. The van der Waals surface area contributed by atoms with E-state index in [1.807, 2.05) is 0 Å². The first-order valence-electron chi connectivity index (χ1n) is 9.97. The summed E-state index contributed by atoms with van der Waals surface area (Å²) in [5.74, 6) is -2.90. The normalized spacial score (nSPS) is 17.6. The summed E-state index contributed by atoms with van der Waals surface area (Å²) in [6.45, 7) is 0. The van der Waals surface area contributed by atoms with Crippen molar-refractivity contribution in [2.24, 2.45) is 0 Å². The van der Waals surface area contributed by atoms with Crippen molar-refractivity contribution in [1.82, 2.24) is 0 Å². The summed E-state index contributed by atoms with van der Waals surface area (Å²) < 4.78 is 40.0. The lowest BCUT2D eigenvalue weighted by molar-refractivity contribution is -0.384. The van der Waals surface area contributed by atoms with Gasteiger partial charge in [-0.15, -0.1) is 0 Å². The third kappa shape index (κ3) is 4.47. The third-order valence-electron chi connectivity index (χ3n) is 5.43. The number of aliphatic hydroxyl groups excluding tert-OH is 1. The minimum Gasteiger partial charge on any atom is -0.507 e. The molecular formula is C24H14ClF3N2O5. The van der Waals surface area contributed by atoms with Gasteiger partial charge >= 0.3 is 6.18 Å². The standard InChI is InChI=1S/C24H14ClF3N2O5/c25-16-8-4-13(5-9-16)20-19(21(31)14-6-10-17(11-7-14)30(34)35)22(32)23(33)29(20)18-3-1-2-15(12-18)24(26,27)28/h1-12,20,31H/b21-19-. The highest BCUT2D eigenvalue weighted by molar-refractivity contribution is 6.51. The van der Waals surface area contributed by atoms with Gasteiger partial charge in [0.2, 0.25) is 0 Å². The van der Waals surface area contributed by atoms with Crippen LogP contribution in [-0.4, -0.2) is 21.7 Å². The maximum atomic E-state index is 13.3. The molecule has 1 aliphatic rings. The van der Waals surface area contributed by atoms with Crippen LogP contribution < -0.4 is 4.90 Å². The number of aliphatic hydroxyl groups is 1. The van der Waals surface area contributed by atoms with Crippen LogP contribution in [0.15, 0.2) is 78.4 Å². The minimum atomic E-state index is -4.70. The molecule has 1 heterocycles. The Balaban J connectivity index is 1.92. The Morgan fingerprint density at radius 1 is 1.00 bits per heavy atom. The van der Waals surface area contributed by atoms with Gasteiger partial charge in [0.15, 0.2) is 0 Å². The van der Waals surface area contributed by atoms with E-state index in [0.717, 1.165) is 35.2 Å². The number of hydrogen-bond acceptors (Lipinski definition) is 5. The van der Waals surface area contributed by atoms with E-state index in [-0.39, 0.29) is 22.5 Å². The number of ketones is 1. The third-order valence-corrected chi connectivity index (χ3v) is 5.69. The van der Waals surface area contributed by atoms with Crippen LogP contribution in [0.2, 0.25) is 5.02 Å².